The smallest absolute Gasteiger partial charge is 0.270 e. The quantitative estimate of drug-likeness (QED) is 0.553. The molecule has 0 aliphatic heterocycles. The van der Waals surface area contributed by atoms with Crippen LogP contribution in [0.3, 0.4) is 0 Å². The minimum absolute atomic E-state index is 0.0310. The summed E-state index contributed by atoms with van der Waals surface area (Å²) >= 11 is 0. The molecule has 1 saturated carbocycles. The molecule has 10 heteroatoms. The third-order valence-corrected chi connectivity index (χ3v) is 4.56. The van der Waals surface area contributed by atoms with Crippen LogP contribution in [-0.4, -0.2) is 39.7 Å². The molecule has 0 radical (unpaired) electrons. The van der Waals surface area contributed by atoms with Crippen LogP contribution in [0.2, 0.25) is 0 Å². The van der Waals surface area contributed by atoms with Gasteiger partial charge in [-0.2, -0.15) is 5.10 Å². The van der Waals surface area contributed by atoms with Gasteiger partial charge in [-0.3, -0.25) is 24.4 Å². The van der Waals surface area contributed by atoms with E-state index in [1.54, 1.807) is 0 Å². The Hall–Kier alpha value is -3.43. The first-order valence-corrected chi connectivity index (χ1v) is 8.92. The number of benzene rings is 1. The number of methoxy groups -OCH3 is 1. The lowest BCUT2D eigenvalue weighted by molar-refractivity contribution is -0.384. The van der Waals surface area contributed by atoms with Crippen molar-refractivity contribution in [3.05, 3.63) is 46.3 Å². The lowest BCUT2D eigenvalue weighted by atomic mass is 10.1. The summed E-state index contributed by atoms with van der Waals surface area (Å²) in [5, 5.41) is 20.6. The van der Waals surface area contributed by atoms with Crippen molar-refractivity contribution in [3.63, 3.8) is 0 Å². The number of amides is 2. The number of anilines is 1. The highest BCUT2D eigenvalue weighted by atomic mass is 16.6. The van der Waals surface area contributed by atoms with Gasteiger partial charge in [0.25, 0.3) is 11.6 Å². The Labute approximate surface area is 161 Å². The topological polar surface area (TPSA) is 128 Å². The summed E-state index contributed by atoms with van der Waals surface area (Å²) in [6, 6.07) is 4.00. The first kappa shape index (κ1) is 19.3. The normalized spacial score (nSPS) is 13.9. The van der Waals surface area contributed by atoms with Crippen molar-refractivity contribution in [3.8, 4) is 5.75 Å². The fraction of sp³-hybridized carbons (Fsp3) is 0.389. The van der Waals surface area contributed by atoms with Gasteiger partial charge in [-0.05, 0) is 18.9 Å². The van der Waals surface area contributed by atoms with Gasteiger partial charge in [0.1, 0.15) is 12.3 Å². The van der Waals surface area contributed by atoms with Gasteiger partial charge in [-0.15, -0.1) is 0 Å². The molecule has 2 N–H and O–H groups in total. The third-order valence-electron chi connectivity index (χ3n) is 4.56. The molecule has 0 bridgehead atoms. The second-order valence-electron chi connectivity index (χ2n) is 6.57. The van der Waals surface area contributed by atoms with Crippen LogP contribution in [0.4, 0.5) is 11.4 Å². The van der Waals surface area contributed by atoms with Gasteiger partial charge in [-0.25, -0.2) is 0 Å². The highest BCUT2D eigenvalue weighted by Gasteiger charge is 2.19. The molecule has 1 aromatic heterocycles. The number of ether oxygens (including phenoxy) is 1. The number of nitro groups is 1. The number of aromatic nitrogens is 2. The zero-order valence-electron chi connectivity index (χ0n) is 15.4. The molecular weight excluding hydrogens is 366 g/mol. The van der Waals surface area contributed by atoms with Crippen molar-refractivity contribution in [2.24, 2.45) is 0 Å². The Morgan fingerprint density at radius 2 is 2.11 bits per heavy atom. The zero-order valence-corrected chi connectivity index (χ0v) is 15.4. The van der Waals surface area contributed by atoms with Crippen molar-refractivity contribution in [1.82, 2.24) is 15.1 Å². The van der Waals surface area contributed by atoms with E-state index in [1.807, 2.05) is 0 Å². The van der Waals surface area contributed by atoms with Crippen LogP contribution < -0.4 is 15.4 Å². The van der Waals surface area contributed by atoms with Crippen LogP contribution >= 0.6 is 0 Å². The van der Waals surface area contributed by atoms with Crippen LogP contribution in [0, 0.1) is 10.1 Å². The van der Waals surface area contributed by atoms with Gasteiger partial charge in [0, 0.05) is 24.4 Å². The summed E-state index contributed by atoms with van der Waals surface area (Å²) in [4.78, 5) is 34.9. The van der Waals surface area contributed by atoms with Crippen LogP contribution in [0.5, 0.6) is 5.75 Å². The van der Waals surface area contributed by atoms with E-state index in [0.29, 0.717) is 5.69 Å². The lowest BCUT2D eigenvalue weighted by Crippen LogP contribution is -2.35. The van der Waals surface area contributed by atoms with Gasteiger partial charge in [0.2, 0.25) is 5.91 Å². The predicted molar refractivity (Wildman–Crippen MR) is 100 cm³/mol. The molecule has 1 aliphatic rings. The maximum Gasteiger partial charge on any atom is 0.270 e. The molecule has 148 valence electrons. The van der Waals surface area contributed by atoms with E-state index in [2.05, 4.69) is 15.7 Å². The molecule has 3 rings (SSSR count). The average molecular weight is 387 g/mol. The fourth-order valence-corrected chi connectivity index (χ4v) is 3.19. The second-order valence-corrected chi connectivity index (χ2v) is 6.57. The molecule has 10 nitrogen and oxygen atoms in total. The molecular formula is C18H21N5O5. The van der Waals surface area contributed by atoms with Crippen molar-refractivity contribution in [2.75, 3.05) is 12.4 Å². The van der Waals surface area contributed by atoms with E-state index in [9.17, 15) is 19.7 Å². The molecule has 2 aromatic rings. The van der Waals surface area contributed by atoms with Crippen LogP contribution in [0.1, 0.15) is 36.0 Å². The SMILES string of the molecule is COc1ccc([N+](=O)[O-])cc1C(=O)Nc1cnn(CC(=O)NC2CCCC2)c1. The Morgan fingerprint density at radius 1 is 1.36 bits per heavy atom. The summed E-state index contributed by atoms with van der Waals surface area (Å²) in [6.07, 6.45) is 7.18. The van der Waals surface area contributed by atoms with Crippen molar-refractivity contribution >= 4 is 23.2 Å². The van der Waals surface area contributed by atoms with E-state index in [0.717, 1.165) is 31.7 Å². The minimum atomic E-state index is -0.586. The Morgan fingerprint density at radius 3 is 2.79 bits per heavy atom. The number of hydrogen-bond donors (Lipinski definition) is 2. The molecule has 0 spiro atoms. The van der Waals surface area contributed by atoms with E-state index in [-0.39, 0.29) is 35.5 Å². The largest absolute Gasteiger partial charge is 0.496 e. The zero-order chi connectivity index (χ0) is 20.1. The maximum absolute atomic E-state index is 12.5. The molecule has 1 fully saturated rings. The summed E-state index contributed by atoms with van der Waals surface area (Å²) in [7, 11) is 1.37. The number of hydrogen-bond acceptors (Lipinski definition) is 6. The molecule has 0 atom stereocenters. The summed E-state index contributed by atoms with van der Waals surface area (Å²) in [6.45, 7) is 0.0481. The van der Waals surface area contributed by atoms with Gasteiger partial charge >= 0.3 is 0 Å². The number of non-ortho nitro benzene ring substituents is 1. The van der Waals surface area contributed by atoms with Crippen LogP contribution in [0.15, 0.2) is 30.6 Å². The third kappa shape index (κ3) is 4.64. The Bertz CT molecular complexity index is 888. The molecule has 1 aromatic carbocycles. The number of carbonyl (C=O) groups excluding carboxylic acids is 2. The minimum Gasteiger partial charge on any atom is -0.496 e. The number of nitro benzene ring substituents is 1. The Kier molecular flexibility index (Phi) is 5.87. The predicted octanol–water partition coefficient (Wildman–Crippen LogP) is 2.11. The van der Waals surface area contributed by atoms with E-state index < -0.39 is 10.8 Å². The van der Waals surface area contributed by atoms with E-state index in [1.165, 1.54) is 36.3 Å². The first-order valence-electron chi connectivity index (χ1n) is 8.92. The first-order chi connectivity index (χ1) is 13.5. The fourth-order valence-electron chi connectivity index (χ4n) is 3.19. The van der Waals surface area contributed by atoms with E-state index >= 15 is 0 Å². The van der Waals surface area contributed by atoms with Gasteiger partial charge < -0.3 is 15.4 Å². The molecule has 1 aliphatic carbocycles. The van der Waals surface area contributed by atoms with Crippen molar-refractivity contribution in [2.45, 2.75) is 38.3 Å². The maximum atomic E-state index is 12.5. The van der Waals surface area contributed by atoms with Crippen LogP contribution in [-0.2, 0) is 11.3 Å². The summed E-state index contributed by atoms with van der Waals surface area (Å²) in [5.41, 5.74) is 0.181. The molecule has 28 heavy (non-hydrogen) atoms. The average Bonchev–Trinajstić information content (AvgIpc) is 3.33. The molecule has 0 saturated heterocycles. The summed E-state index contributed by atoms with van der Waals surface area (Å²) < 4.78 is 6.52. The molecule has 1 heterocycles. The van der Waals surface area contributed by atoms with Crippen molar-refractivity contribution < 1.29 is 19.2 Å². The van der Waals surface area contributed by atoms with Gasteiger partial charge in [0.05, 0.1) is 29.5 Å². The second kappa shape index (κ2) is 8.51. The van der Waals surface area contributed by atoms with Gasteiger partial charge in [0.15, 0.2) is 0 Å². The highest BCUT2D eigenvalue weighted by molar-refractivity contribution is 6.06. The molecule has 0 unspecified atom stereocenters. The standard InChI is InChI=1S/C18H21N5O5/c1-28-16-7-6-14(23(26)27)8-15(16)18(25)21-13-9-19-22(10-13)11-17(24)20-12-4-2-3-5-12/h6-10,12H,2-5,11H2,1H3,(H,20,24)(H,21,25). The number of nitrogens with zero attached hydrogens (tertiary/aromatic N) is 3. The van der Waals surface area contributed by atoms with Gasteiger partial charge in [-0.1, -0.05) is 12.8 Å². The number of nitrogens with one attached hydrogen (secondary N) is 2. The summed E-state index contributed by atoms with van der Waals surface area (Å²) in [5.74, 6) is -0.491. The van der Waals surface area contributed by atoms with E-state index in [4.69, 9.17) is 4.74 Å². The highest BCUT2D eigenvalue weighted by Crippen LogP contribution is 2.25. The number of rotatable bonds is 7. The lowest BCUT2D eigenvalue weighted by Gasteiger charge is -2.11. The number of carbonyl (C=O) groups is 2. The van der Waals surface area contributed by atoms with Crippen molar-refractivity contribution in [1.29, 1.82) is 0 Å². The molecule has 2 amide bonds. The van der Waals surface area contributed by atoms with Crippen LogP contribution in [0.25, 0.3) is 0 Å². The Balaban J connectivity index is 1.64. The monoisotopic (exact) mass is 387 g/mol.